The van der Waals surface area contributed by atoms with Gasteiger partial charge < -0.3 is 9.47 Å². The second-order valence-electron chi connectivity index (χ2n) is 5.34. The normalized spacial score (nSPS) is 30.2. The number of ether oxygens (including phenoxy) is 2. The smallest absolute Gasteiger partial charge is 0.0830 e. The molecule has 2 rings (SSSR count). The topological polar surface area (TPSA) is 18.5 Å². The number of hydrogen-bond donors (Lipinski definition) is 0. The van der Waals surface area contributed by atoms with Crippen molar-refractivity contribution >= 4 is 15.9 Å². The Bertz CT molecular complexity index is 194. The third-order valence-electron chi connectivity index (χ3n) is 3.96. The largest absolute Gasteiger partial charge is 0.379 e. The Labute approximate surface area is 107 Å². The van der Waals surface area contributed by atoms with Crippen LogP contribution in [0.4, 0.5) is 0 Å². The maximum absolute atomic E-state index is 6.04. The Kier molecular flexibility index (Phi) is 5.11. The van der Waals surface area contributed by atoms with Gasteiger partial charge in [0.2, 0.25) is 0 Å². The molecule has 1 aliphatic carbocycles. The maximum Gasteiger partial charge on any atom is 0.0830 e. The zero-order chi connectivity index (χ0) is 11.3. The maximum atomic E-state index is 6.04. The van der Waals surface area contributed by atoms with E-state index in [0.717, 1.165) is 31.6 Å². The van der Waals surface area contributed by atoms with E-state index in [1.165, 1.54) is 38.5 Å². The quantitative estimate of drug-likeness (QED) is 0.583. The molecule has 0 aromatic rings. The van der Waals surface area contributed by atoms with Crippen molar-refractivity contribution in [2.24, 2.45) is 5.41 Å². The van der Waals surface area contributed by atoms with E-state index in [2.05, 4.69) is 15.9 Å². The molecule has 1 saturated heterocycles. The van der Waals surface area contributed by atoms with Crippen molar-refractivity contribution in [2.75, 3.05) is 25.2 Å². The van der Waals surface area contributed by atoms with Crippen molar-refractivity contribution in [3.63, 3.8) is 0 Å². The van der Waals surface area contributed by atoms with Crippen LogP contribution in [0, 0.1) is 5.41 Å². The van der Waals surface area contributed by atoms with Crippen LogP contribution < -0.4 is 0 Å². The van der Waals surface area contributed by atoms with Crippen LogP contribution in [0.2, 0.25) is 0 Å². The molecule has 94 valence electrons. The van der Waals surface area contributed by atoms with Gasteiger partial charge in [0, 0.05) is 17.4 Å². The molecule has 0 amide bonds. The molecule has 0 bridgehead atoms. The summed E-state index contributed by atoms with van der Waals surface area (Å²) >= 11 is 3.70. The lowest BCUT2D eigenvalue weighted by Gasteiger charge is -2.31. The fraction of sp³-hybridized carbons (Fsp3) is 1.00. The Hall–Kier alpha value is 0.400. The highest BCUT2D eigenvalue weighted by Gasteiger charge is 2.31. The molecule has 0 aromatic carbocycles. The van der Waals surface area contributed by atoms with Gasteiger partial charge in [0.05, 0.1) is 19.3 Å². The van der Waals surface area contributed by atoms with E-state index in [1.54, 1.807) is 0 Å². The fourth-order valence-corrected chi connectivity index (χ4v) is 3.46. The van der Waals surface area contributed by atoms with Crippen molar-refractivity contribution in [3.8, 4) is 0 Å². The Morgan fingerprint density at radius 2 is 1.94 bits per heavy atom. The molecular weight excluding hydrogens is 268 g/mol. The van der Waals surface area contributed by atoms with Crippen LogP contribution >= 0.6 is 15.9 Å². The van der Waals surface area contributed by atoms with Gasteiger partial charge in [-0.3, -0.25) is 0 Å². The molecule has 1 aliphatic heterocycles. The van der Waals surface area contributed by atoms with E-state index in [9.17, 15) is 0 Å². The van der Waals surface area contributed by atoms with Crippen LogP contribution in [0.1, 0.15) is 44.9 Å². The van der Waals surface area contributed by atoms with E-state index in [-0.39, 0.29) is 0 Å². The molecular formula is C13H23BrO2. The van der Waals surface area contributed by atoms with Crippen LogP contribution in [-0.4, -0.2) is 31.3 Å². The molecule has 1 atom stereocenters. The van der Waals surface area contributed by atoms with E-state index >= 15 is 0 Å². The molecule has 1 unspecified atom stereocenters. The summed E-state index contributed by atoms with van der Waals surface area (Å²) < 4.78 is 11.4. The first-order valence-electron chi connectivity index (χ1n) is 6.60. The monoisotopic (exact) mass is 290 g/mol. The summed E-state index contributed by atoms with van der Waals surface area (Å²) in [6, 6.07) is 0. The summed E-state index contributed by atoms with van der Waals surface area (Å²) in [6.45, 7) is 2.61. The summed E-state index contributed by atoms with van der Waals surface area (Å²) in [5, 5.41) is 1.09. The molecule has 16 heavy (non-hydrogen) atoms. The minimum Gasteiger partial charge on any atom is -0.379 e. The zero-order valence-corrected chi connectivity index (χ0v) is 11.6. The lowest BCUT2D eigenvalue weighted by Crippen LogP contribution is -2.31. The Balaban J connectivity index is 1.81. The van der Waals surface area contributed by atoms with Gasteiger partial charge in [0.25, 0.3) is 0 Å². The van der Waals surface area contributed by atoms with Gasteiger partial charge in [0.1, 0.15) is 0 Å². The summed E-state index contributed by atoms with van der Waals surface area (Å²) in [7, 11) is 0. The van der Waals surface area contributed by atoms with Gasteiger partial charge in [-0.05, 0) is 19.3 Å². The number of hydrogen-bond acceptors (Lipinski definition) is 2. The molecule has 1 heterocycles. The first-order valence-corrected chi connectivity index (χ1v) is 7.72. The lowest BCUT2D eigenvalue weighted by atomic mass is 9.83. The summed E-state index contributed by atoms with van der Waals surface area (Å²) in [5.74, 6) is 0. The summed E-state index contributed by atoms with van der Waals surface area (Å²) in [6.07, 6.45) is 9.64. The SMILES string of the molecule is BrCC1(COC2CCOC2)CCCCCC1. The predicted molar refractivity (Wildman–Crippen MR) is 69.1 cm³/mol. The van der Waals surface area contributed by atoms with Crippen molar-refractivity contribution in [1.82, 2.24) is 0 Å². The molecule has 0 spiro atoms. The van der Waals surface area contributed by atoms with Gasteiger partial charge in [-0.15, -0.1) is 0 Å². The van der Waals surface area contributed by atoms with E-state index in [4.69, 9.17) is 9.47 Å². The van der Waals surface area contributed by atoms with Crippen LogP contribution in [0.3, 0.4) is 0 Å². The molecule has 3 heteroatoms. The molecule has 2 aliphatic rings. The average molecular weight is 291 g/mol. The first kappa shape index (κ1) is 12.8. The zero-order valence-electron chi connectivity index (χ0n) is 10.0. The van der Waals surface area contributed by atoms with Gasteiger partial charge in [0.15, 0.2) is 0 Å². The fourth-order valence-electron chi connectivity index (χ4n) is 2.73. The number of halogens is 1. The first-order chi connectivity index (χ1) is 7.85. The highest BCUT2D eigenvalue weighted by Crippen LogP contribution is 2.37. The second kappa shape index (κ2) is 6.36. The van der Waals surface area contributed by atoms with Gasteiger partial charge in [-0.2, -0.15) is 0 Å². The molecule has 1 saturated carbocycles. The van der Waals surface area contributed by atoms with Crippen LogP contribution in [-0.2, 0) is 9.47 Å². The van der Waals surface area contributed by atoms with Crippen molar-refractivity contribution in [3.05, 3.63) is 0 Å². The molecule has 2 nitrogen and oxygen atoms in total. The molecule has 0 aromatic heterocycles. The average Bonchev–Trinajstić information content (AvgIpc) is 2.72. The highest BCUT2D eigenvalue weighted by molar-refractivity contribution is 9.09. The van der Waals surface area contributed by atoms with Crippen LogP contribution in [0.5, 0.6) is 0 Å². The van der Waals surface area contributed by atoms with Gasteiger partial charge in [-0.1, -0.05) is 41.6 Å². The Morgan fingerprint density at radius 3 is 2.50 bits per heavy atom. The summed E-state index contributed by atoms with van der Waals surface area (Å²) in [4.78, 5) is 0. The lowest BCUT2D eigenvalue weighted by molar-refractivity contribution is -0.0103. The van der Waals surface area contributed by atoms with E-state index < -0.39 is 0 Å². The summed E-state index contributed by atoms with van der Waals surface area (Å²) in [5.41, 5.74) is 0.402. The van der Waals surface area contributed by atoms with Crippen molar-refractivity contribution in [1.29, 1.82) is 0 Å². The number of rotatable bonds is 4. The molecule has 0 radical (unpaired) electrons. The molecule has 2 fully saturated rings. The molecule has 0 N–H and O–H groups in total. The standard InChI is InChI=1S/C13H23BrO2/c14-10-13(6-3-1-2-4-7-13)11-16-12-5-8-15-9-12/h12H,1-11H2. The minimum absolute atomic E-state index is 0.360. The Morgan fingerprint density at radius 1 is 1.19 bits per heavy atom. The third-order valence-corrected chi connectivity index (χ3v) is 5.15. The highest BCUT2D eigenvalue weighted by atomic mass is 79.9. The van der Waals surface area contributed by atoms with E-state index in [0.29, 0.717) is 11.5 Å². The van der Waals surface area contributed by atoms with Crippen LogP contribution in [0.15, 0.2) is 0 Å². The van der Waals surface area contributed by atoms with Crippen LogP contribution in [0.25, 0.3) is 0 Å². The third kappa shape index (κ3) is 3.44. The minimum atomic E-state index is 0.360. The van der Waals surface area contributed by atoms with Crippen molar-refractivity contribution < 1.29 is 9.47 Å². The van der Waals surface area contributed by atoms with Crippen molar-refractivity contribution in [2.45, 2.75) is 51.0 Å². The van der Waals surface area contributed by atoms with Gasteiger partial charge >= 0.3 is 0 Å². The van der Waals surface area contributed by atoms with E-state index in [1.807, 2.05) is 0 Å². The predicted octanol–water partition coefficient (Wildman–Crippen LogP) is 3.53. The second-order valence-corrected chi connectivity index (χ2v) is 5.91. The van der Waals surface area contributed by atoms with Gasteiger partial charge in [-0.25, -0.2) is 0 Å². The number of alkyl halides is 1.